The second kappa shape index (κ2) is 5.89. The molecule has 1 aromatic carbocycles. The molecule has 0 aliphatic rings. The number of nitrogens with two attached hydrogens (primary N) is 1. The first-order valence-corrected chi connectivity index (χ1v) is 6.54. The van der Waals surface area contributed by atoms with Gasteiger partial charge in [0, 0.05) is 5.38 Å². The van der Waals surface area contributed by atoms with Gasteiger partial charge in [0.1, 0.15) is 5.82 Å². The van der Waals surface area contributed by atoms with E-state index in [9.17, 15) is 4.39 Å². The van der Waals surface area contributed by atoms with Crippen molar-refractivity contribution in [3.63, 3.8) is 0 Å². The van der Waals surface area contributed by atoms with Gasteiger partial charge in [0.15, 0.2) is 0 Å². The Labute approximate surface area is 104 Å². The highest BCUT2D eigenvalue weighted by molar-refractivity contribution is 7.07. The molecule has 1 unspecified atom stereocenters. The molecule has 17 heavy (non-hydrogen) atoms. The van der Waals surface area contributed by atoms with Gasteiger partial charge in [0.05, 0.1) is 11.2 Å². The highest BCUT2D eigenvalue weighted by atomic mass is 32.1. The molecule has 2 nitrogen and oxygen atoms in total. The van der Waals surface area contributed by atoms with Crippen molar-refractivity contribution in [1.29, 1.82) is 0 Å². The molecule has 90 valence electrons. The molecule has 0 aliphatic carbocycles. The number of hydrogen-bond acceptors (Lipinski definition) is 3. The summed E-state index contributed by atoms with van der Waals surface area (Å²) in [6.45, 7) is 0.547. The lowest BCUT2D eigenvalue weighted by atomic mass is 9.95. The summed E-state index contributed by atoms with van der Waals surface area (Å²) in [4.78, 5) is 4.24. The van der Waals surface area contributed by atoms with Crippen molar-refractivity contribution in [2.24, 2.45) is 11.7 Å². The summed E-state index contributed by atoms with van der Waals surface area (Å²) in [6.07, 6.45) is 1.48. The molecular weight excluding hydrogens is 235 g/mol. The van der Waals surface area contributed by atoms with E-state index >= 15 is 0 Å². The summed E-state index contributed by atoms with van der Waals surface area (Å²) in [6, 6.07) is 6.87. The Morgan fingerprint density at radius 1 is 1.29 bits per heavy atom. The van der Waals surface area contributed by atoms with Gasteiger partial charge in [-0.25, -0.2) is 9.37 Å². The molecule has 0 radical (unpaired) electrons. The summed E-state index contributed by atoms with van der Waals surface area (Å²) in [7, 11) is 0. The molecule has 2 N–H and O–H groups in total. The topological polar surface area (TPSA) is 38.9 Å². The lowest BCUT2D eigenvalue weighted by Gasteiger charge is -2.13. The molecule has 0 saturated carbocycles. The Bertz CT molecular complexity index is 456. The number of hydrogen-bond donors (Lipinski definition) is 1. The minimum atomic E-state index is -0.149. The van der Waals surface area contributed by atoms with E-state index in [1.807, 2.05) is 23.0 Å². The van der Waals surface area contributed by atoms with E-state index in [-0.39, 0.29) is 11.7 Å². The van der Waals surface area contributed by atoms with Gasteiger partial charge >= 0.3 is 0 Å². The number of nitrogens with zero attached hydrogens (tertiary/aromatic N) is 1. The van der Waals surface area contributed by atoms with Crippen molar-refractivity contribution in [2.45, 2.75) is 12.8 Å². The summed E-state index contributed by atoms with van der Waals surface area (Å²) in [5.74, 6) is 0.0956. The number of thiazole rings is 1. The molecule has 0 fully saturated rings. The van der Waals surface area contributed by atoms with Crippen LogP contribution in [-0.2, 0) is 12.8 Å². The van der Waals surface area contributed by atoms with Gasteiger partial charge in [-0.2, -0.15) is 0 Å². The Morgan fingerprint density at radius 3 is 2.76 bits per heavy atom. The van der Waals surface area contributed by atoms with Gasteiger partial charge in [-0.3, -0.25) is 0 Å². The zero-order valence-electron chi connectivity index (χ0n) is 9.47. The third-order valence-electron chi connectivity index (χ3n) is 2.78. The zero-order valence-corrected chi connectivity index (χ0v) is 10.3. The molecular formula is C13H15FN2S. The van der Waals surface area contributed by atoms with E-state index in [0.717, 1.165) is 17.7 Å². The predicted molar refractivity (Wildman–Crippen MR) is 68.5 cm³/mol. The first kappa shape index (κ1) is 12.2. The zero-order chi connectivity index (χ0) is 12.1. The van der Waals surface area contributed by atoms with Gasteiger partial charge < -0.3 is 5.73 Å². The molecule has 0 aliphatic heterocycles. The lowest BCUT2D eigenvalue weighted by Crippen LogP contribution is -2.20. The van der Waals surface area contributed by atoms with Crippen molar-refractivity contribution in [1.82, 2.24) is 4.98 Å². The summed E-state index contributed by atoms with van der Waals surface area (Å²) in [5, 5.41) is 2.02. The molecule has 0 bridgehead atoms. The Hall–Kier alpha value is -1.26. The van der Waals surface area contributed by atoms with E-state index < -0.39 is 0 Å². The van der Waals surface area contributed by atoms with Crippen LogP contribution in [0.25, 0.3) is 0 Å². The third-order valence-corrected chi connectivity index (χ3v) is 3.42. The second-order valence-electron chi connectivity index (χ2n) is 4.08. The Balaban J connectivity index is 2.03. The van der Waals surface area contributed by atoms with Crippen LogP contribution >= 0.6 is 11.3 Å². The fourth-order valence-electron chi connectivity index (χ4n) is 1.85. The van der Waals surface area contributed by atoms with Gasteiger partial charge in [0.2, 0.25) is 0 Å². The molecule has 0 spiro atoms. The minimum Gasteiger partial charge on any atom is -0.330 e. The monoisotopic (exact) mass is 250 g/mol. The molecule has 0 amide bonds. The van der Waals surface area contributed by atoms with Crippen molar-refractivity contribution in [3.05, 3.63) is 52.2 Å². The first-order valence-electron chi connectivity index (χ1n) is 5.60. The highest BCUT2D eigenvalue weighted by Crippen LogP contribution is 2.16. The van der Waals surface area contributed by atoms with Crippen LogP contribution in [0.1, 0.15) is 11.3 Å². The maximum absolute atomic E-state index is 13.5. The van der Waals surface area contributed by atoms with E-state index in [1.165, 1.54) is 6.07 Å². The molecule has 4 heteroatoms. The number of rotatable bonds is 5. The Kier molecular flexibility index (Phi) is 4.23. The summed E-state index contributed by atoms with van der Waals surface area (Å²) >= 11 is 1.58. The van der Waals surface area contributed by atoms with Gasteiger partial charge in [0.25, 0.3) is 0 Å². The maximum Gasteiger partial charge on any atom is 0.126 e. The van der Waals surface area contributed by atoms with Crippen LogP contribution in [0.4, 0.5) is 4.39 Å². The van der Waals surface area contributed by atoms with E-state index in [1.54, 1.807) is 17.4 Å². The van der Waals surface area contributed by atoms with Crippen LogP contribution in [0.15, 0.2) is 35.2 Å². The molecule has 1 atom stereocenters. The largest absolute Gasteiger partial charge is 0.330 e. The first-order chi connectivity index (χ1) is 8.29. The number of aromatic nitrogens is 1. The van der Waals surface area contributed by atoms with E-state index in [0.29, 0.717) is 13.0 Å². The van der Waals surface area contributed by atoms with Crippen LogP contribution in [0.3, 0.4) is 0 Å². The quantitative estimate of drug-likeness (QED) is 0.886. The lowest BCUT2D eigenvalue weighted by molar-refractivity contribution is 0.508. The van der Waals surface area contributed by atoms with Gasteiger partial charge in [-0.1, -0.05) is 18.2 Å². The van der Waals surface area contributed by atoms with Crippen LogP contribution in [0.2, 0.25) is 0 Å². The smallest absolute Gasteiger partial charge is 0.126 e. The molecule has 2 rings (SSSR count). The molecule has 2 aromatic rings. The molecule has 1 heterocycles. The molecule has 1 aromatic heterocycles. The van der Waals surface area contributed by atoms with Crippen molar-refractivity contribution < 1.29 is 4.39 Å². The predicted octanol–water partition coefficient (Wildman–Crippen LogP) is 2.64. The number of halogens is 1. The molecule has 0 saturated heterocycles. The standard InChI is InChI=1S/C13H15FN2S/c14-13-4-2-1-3-11(13)5-10(7-15)6-12-8-17-9-16-12/h1-4,8-10H,5-7,15H2. The average molecular weight is 250 g/mol. The average Bonchev–Trinajstić information content (AvgIpc) is 2.84. The van der Waals surface area contributed by atoms with Crippen molar-refractivity contribution in [3.8, 4) is 0 Å². The van der Waals surface area contributed by atoms with E-state index in [2.05, 4.69) is 4.98 Å². The Morgan fingerprint density at radius 2 is 2.12 bits per heavy atom. The SMILES string of the molecule is NCC(Cc1cscn1)Cc1ccccc1F. The van der Waals surface area contributed by atoms with Crippen LogP contribution < -0.4 is 5.73 Å². The van der Waals surface area contributed by atoms with Gasteiger partial charge in [-0.05, 0) is 36.9 Å². The maximum atomic E-state index is 13.5. The normalized spacial score (nSPS) is 12.6. The van der Waals surface area contributed by atoms with Gasteiger partial charge in [-0.15, -0.1) is 11.3 Å². The van der Waals surface area contributed by atoms with Crippen LogP contribution in [0, 0.1) is 11.7 Å². The fraction of sp³-hybridized carbons (Fsp3) is 0.308. The highest BCUT2D eigenvalue weighted by Gasteiger charge is 2.12. The summed E-state index contributed by atoms with van der Waals surface area (Å²) < 4.78 is 13.5. The van der Waals surface area contributed by atoms with E-state index in [4.69, 9.17) is 5.73 Å². The van der Waals surface area contributed by atoms with Crippen molar-refractivity contribution in [2.75, 3.05) is 6.54 Å². The number of benzene rings is 1. The second-order valence-corrected chi connectivity index (χ2v) is 4.80. The summed E-state index contributed by atoms with van der Waals surface area (Å²) in [5.41, 5.74) is 9.33. The minimum absolute atomic E-state index is 0.149. The third kappa shape index (κ3) is 3.35. The van der Waals surface area contributed by atoms with Crippen molar-refractivity contribution >= 4 is 11.3 Å². The fourth-order valence-corrected chi connectivity index (χ4v) is 2.42. The van der Waals surface area contributed by atoms with Crippen LogP contribution in [0.5, 0.6) is 0 Å². The van der Waals surface area contributed by atoms with Crippen LogP contribution in [-0.4, -0.2) is 11.5 Å².